The van der Waals surface area contributed by atoms with Crippen molar-refractivity contribution in [3.63, 3.8) is 0 Å². The zero-order valence-electron chi connectivity index (χ0n) is 5.36. The van der Waals surface area contributed by atoms with E-state index in [-0.39, 0.29) is 0 Å². The topological polar surface area (TPSA) is 56.0 Å². The number of hydrogen-bond acceptors (Lipinski definition) is 4. The fourth-order valence-corrected chi connectivity index (χ4v) is 1.20. The summed E-state index contributed by atoms with van der Waals surface area (Å²) in [5.74, 6) is 0. The lowest BCUT2D eigenvalue weighted by molar-refractivity contribution is -0.108. The molecule has 10 heavy (non-hydrogen) atoms. The molecule has 1 aromatic heterocycles. The summed E-state index contributed by atoms with van der Waals surface area (Å²) >= 11 is 1.51. The average molecular weight is 156 g/mol. The first-order valence-electron chi connectivity index (χ1n) is 2.91. The third kappa shape index (κ3) is 1.89. The van der Waals surface area contributed by atoms with Gasteiger partial charge < -0.3 is 10.5 Å². The van der Waals surface area contributed by atoms with Crippen LogP contribution in [0.15, 0.2) is 10.9 Å². The van der Waals surface area contributed by atoms with Gasteiger partial charge in [-0.15, -0.1) is 11.3 Å². The van der Waals surface area contributed by atoms with Crippen molar-refractivity contribution in [2.24, 2.45) is 5.73 Å². The van der Waals surface area contributed by atoms with Gasteiger partial charge in [-0.2, -0.15) is 0 Å². The quantitative estimate of drug-likeness (QED) is 0.636. The number of thiazole rings is 1. The SMILES string of the molecule is N[C@H](C=O)Cc1cscn1. The van der Waals surface area contributed by atoms with Gasteiger partial charge in [0.15, 0.2) is 0 Å². The lowest BCUT2D eigenvalue weighted by Crippen LogP contribution is -2.24. The van der Waals surface area contributed by atoms with E-state index in [4.69, 9.17) is 5.73 Å². The lowest BCUT2D eigenvalue weighted by Gasteiger charge is -1.97. The van der Waals surface area contributed by atoms with Crippen LogP contribution in [0.1, 0.15) is 5.69 Å². The number of carbonyl (C=O) groups is 1. The van der Waals surface area contributed by atoms with E-state index in [2.05, 4.69) is 4.98 Å². The van der Waals surface area contributed by atoms with Crippen molar-refractivity contribution in [1.29, 1.82) is 0 Å². The Morgan fingerprint density at radius 3 is 3.20 bits per heavy atom. The molecule has 1 aromatic rings. The van der Waals surface area contributed by atoms with Crippen LogP contribution < -0.4 is 5.73 Å². The molecule has 4 heteroatoms. The van der Waals surface area contributed by atoms with E-state index < -0.39 is 6.04 Å². The molecule has 1 heterocycles. The molecule has 0 fully saturated rings. The van der Waals surface area contributed by atoms with Crippen LogP contribution in [-0.2, 0) is 11.2 Å². The number of carbonyl (C=O) groups excluding carboxylic acids is 1. The molecule has 0 aliphatic rings. The van der Waals surface area contributed by atoms with Gasteiger partial charge in [-0.3, -0.25) is 0 Å². The molecule has 0 aromatic carbocycles. The molecule has 0 bridgehead atoms. The van der Waals surface area contributed by atoms with E-state index in [1.54, 1.807) is 5.51 Å². The van der Waals surface area contributed by atoms with Gasteiger partial charge >= 0.3 is 0 Å². The monoisotopic (exact) mass is 156 g/mol. The second kappa shape index (κ2) is 3.43. The Labute approximate surface area is 62.9 Å². The van der Waals surface area contributed by atoms with Crippen LogP contribution in [-0.4, -0.2) is 17.3 Å². The van der Waals surface area contributed by atoms with Crippen LogP contribution in [0.4, 0.5) is 0 Å². The fraction of sp³-hybridized carbons (Fsp3) is 0.333. The number of nitrogens with two attached hydrogens (primary N) is 1. The highest BCUT2D eigenvalue weighted by molar-refractivity contribution is 7.07. The molecule has 0 aliphatic carbocycles. The van der Waals surface area contributed by atoms with Gasteiger partial charge in [0.2, 0.25) is 0 Å². The van der Waals surface area contributed by atoms with Gasteiger partial charge in [-0.25, -0.2) is 4.98 Å². The van der Waals surface area contributed by atoms with E-state index >= 15 is 0 Å². The molecule has 0 saturated heterocycles. The van der Waals surface area contributed by atoms with Crippen LogP contribution in [0.2, 0.25) is 0 Å². The molecular formula is C6H8N2OS. The van der Waals surface area contributed by atoms with Crippen molar-refractivity contribution in [1.82, 2.24) is 4.98 Å². The fourth-order valence-electron chi connectivity index (χ4n) is 0.628. The van der Waals surface area contributed by atoms with Crippen LogP contribution in [0.5, 0.6) is 0 Å². The predicted molar refractivity (Wildman–Crippen MR) is 39.9 cm³/mol. The standard InChI is InChI=1S/C6H8N2OS/c7-5(2-9)1-6-3-10-4-8-6/h2-5H,1,7H2/t5-/m0/s1. The summed E-state index contributed by atoms with van der Waals surface area (Å²) in [6.45, 7) is 0. The third-order valence-electron chi connectivity index (χ3n) is 1.10. The molecule has 0 radical (unpaired) electrons. The van der Waals surface area contributed by atoms with Crippen molar-refractivity contribution < 1.29 is 4.79 Å². The minimum Gasteiger partial charge on any atom is -0.321 e. The zero-order valence-corrected chi connectivity index (χ0v) is 6.17. The number of hydrogen-bond donors (Lipinski definition) is 1. The van der Waals surface area contributed by atoms with E-state index in [1.807, 2.05) is 5.38 Å². The second-order valence-corrected chi connectivity index (χ2v) is 2.70. The molecule has 0 unspecified atom stereocenters. The number of rotatable bonds is 3. The summed E-state index contributed by atoms with van der Waals surface area (Å²) < 4.78 is 0. The highest BCUT2D eigenvalue weighted by Gasteiger charge is 2.02. The van der Waals surface area contributed by atoms with E-state index in [0.717, 1.165) is 12.0 Å². The minimum absolute atomic E-state index is 0.401. The maximum Gasteiger partial charge on any atom is 0.137 e. The Balaban J connectivity index is 2.47. The third-order valence-corrected chi connectivity index (χ3v) is 1.74. The number of aromatic nitrogens is 1. The Hall–Kier alpha value is -0.740. The predicted octanol–water partition coefficient (Wildman–Crippen LogP) is 0.212. The average Bonchev–Trinajstić information content (AvgIpc) is 2.40. The summed E-state index contributed by atoms with van der Waals surface area (Å²) in [6, 6.07) is -0.401. The Kier molecular flexibility index (Phi) is 2.53. The van der Waals surface area contributed by atoms with Crippen LogP contribution >= 0.6 is 11.3 Å². The minimum atomic E-state index is -0.401. The molecule has 0 spiro atoms. The van der Waals surface area contributed by atoms with Crippen LogP contribution in [0.25, 0.3) is 0 Å². The summed E-state index contributed by atoms with van der Waals surface area (Å²) in [7, 11) is 0. The van der Waals surface area contributed by atoms with Gasteiger partial charge in [0.05, 0.1) is 17.2 Å². The smallest absolute Gasteiger partial charge is 0.137 e. The maximum atomic E-state index is 10.1. The van der Waals surface area contributed by atoms with Crippen molar-refractivity contribution >= 4 is 17.6 Å². The van der Waals surface area contributed by atoms with Gasteiger partial charge in [-0.1, -0.05) is 0 Å². The molecule has 0 aliphatic heterocycles. The van der Waals surface area contributed by atoms with E-state index in [9.17, 15) is 4.79 Å². The Morgan fingerprint density at radius 1 is 1.90 bits per heavy atom. The Bertz CT molecular complexity index is 198. The highest BCUT2D eigenvalue weighted by Crippen LogP contribution is 2.01. The summed E-state index contributed by atoms with van der Waals surface area (Å²) in [4.78, 5) is 14.1. The first kappa shape index (κ1) is 7.37. The maximum absolute atomic E-state index is 10.1. The van der Waals surface area contributed by atoms with Crippen molar-refractivity contribution in [2.75, 3.05) is 0 Å². The normalized spacial score (nSPS) is 12.9. The van der Waals surface area contributed by atoms with E-state index in [1.165, 1.54) is 11.3 Å². The van der Waals surface area contributed by atoms with Gasteiger partial charge in [0, 0.05) is 11.8 Å². The summed E-state index contributed by atoms with van der Waals surface area (Å²) in [5, 5.41) is 1.89. The Morgan fingerprint density at radius 2 is 2.70 bits per heavy atom. The molecule has 1 rings (SSSR count). The van der Waals surface area contributed by atoms with Gasteiger partial charge in [-0.05, 0) is 0 Å². The molecule has 0 saturated carbocycles. The largest absolute Gasteiger partial charge is 0.321 e. The van der Waals surface area contributed by atoms with Crippen molar-refractivity contribution in [3.05, 3.63) is 16.6 Å². The summed E-state index contributed by atoms with van der Waals surface area (Å²) in [6.07, 6.45) is 1.28. The molecule has 0 amide bonds. The van der Waals surface area contributed by atoms with Crippen molar-refractivity contribution in [3.8, 4) is 0 Å². The highest BCUT2D eigenvalue weighted by atomic mass is 32.1. The molecule has 2 N–H and O–H groups in total. The number of aldehydes is 1. The zero-order chi connectivity index (χ0) is 7.40. The number of nitrogens with zero attached hydrogens (tertiary/aromatic N) is 1. The van der Waals surface area contributed by atoms with Crippen LogP contribution in [0, 0.1) is 0 Å². The van der Waals surface area contributed by atoms with E-state index in [0.29, 0.717) is 6.42 Å². The van der Waals surface area contributed by atoms with Crippen molar-refractivity contribution in [2.45, 2.75) is 12.5 Å². The molecule has 1 atom stereocenters. The van der Waals surface area contributed by atoms with Crippen LogP contribution in [0.3, 0.4) is 0 Å². The van der Waals surface area contributed by atoms with Gasteiger partial charge in [0.25, 0.3) is 0 Å². The molecular weight excluding hydrogens is 148 g/mol. The first-order valence-corrected chi connectivity index (χ1v) is 3.85. The molecule has 3 nitrogen and oxygen atoms in total. The summed E-state index contributed by atoms with van der Waals surface area (Å²) in [5.41, 5.74) is 7.98. The lowest BCUT2D eigenvalue weighted by atomic mass is 10.2. The molecule has 54 valence electrons. The van der Waals surface area contributed by atoms with Gasteiger partial charge in [0.1, 0.15) is 6.29 Å². The first-order chi connectivity index (χ1) is 4.83. The second-order valence-electron chi connectivity index (χ2n) is 1.98.